The lowest BCUT2D eigenvalue weighted by Crippen LogP contribution is -2.26. The molecule has 0 saturated carbocycles. The largest absolute Gasteiger partial charge is 0.310 e. The quantitative estimate of drug-likeness (QED) is 0.163. The number of fused-ring (bicyclic) bond motifs is 19. The topological polar surface area (TPSA) is 3.24 Å². The lowest BCUT2D eigenvalue weighted by Gasteiger charge is -2.32. The van der Waals surface area contributed by atoms with Gasteiger partial charge in [0.1, 0.15) is 0 Å². The molecule has 0 unspecified atom stereocenters. The van der Waals surface area contributed by atoms with Crippen LogP contribution in [0.15, 0.2) is 200 Å². The van der Waals surface area contributed by atoms with E-state index in [0.717, 1.165) is 17.1 Å². The molecular weight excluding hydrogens is 711 g/mol. The normalized spacial score (nSPS) is 14.5. The fourth-order valence-corrected chi connectivity index (χ4v) is 11.5. The molecule has 0 bridgehead atoms. The van der Waals surface area contributed by atoms with E-state index in [1.165, 1.54) is 99.1 Å². The van der Waals surface area contributed by atoms with Crippen LogP contribution in [0.3, 0.4) is 0 Å². The molecule has 0 radical (unpaired) electrons. The van der Waals surface area contributed by atoms with Crippen LogP contribution in [0.25, 0.3) is 65.7 Å². The Morgan fingerprint density at radius 3 is 1.14 bits per heavy atom. The molecule has 1 spiro atoms. The second-order valence-electron chi connectivity index (χ2n) is 17.2. The number of benzene rings is 10. The van der Waals surface area contributed by atoms with Gasteiger partial charge >= 0.3 is 0 Å². The van der Waals surface area contributed by atoms with Gasteiger partial charge in [0.05, 0.1) is 5.41 Å². The molecule has 0 fully saturated rings. The fourth-order valence-electron chi connectivity index (χ4n) is 11.5. The molecule has 0 aromatic heterocycles. The maximum atomic E-state index is 2.52. The van der Waals surface area contributed by atoms with Crippen LogP contribution in [-0.2, 0) is 10.8 Å². The van der Waals surface area contributed by atoms with Crippen LogP contribution in [0.4, 0.5) is 17.1 Å². The summed E-state index contributed by atoms with van der Waals surface area (Å²) in [6.45, 7) is 4.76. The summed E-state index contributed by atoms with van der Waals surface area (Å²) >= 11 is 0. The van der Waals surface area contributed by atoms with Gasteiger partial charge < -0.3 is 4.90 Å². The minimum Gasteiger partial charge on any atom is -0.310 e. The Morgan fingerprint density at radius 2 is 0.610 bits per heavy atom. The summed E-state index contributed by atoms with van der Waals surface area (Å²) in [5, 5.41) is 7.67. The average molecular weight is 750 g/mol. The molecule has 10 aromatic rings. The summed E-state index contributed by atoms with van der Waals surface area (Å²) in [5.74, 6) is 0. The average Bonchev–Trinajstić information content (AvgIpc) is 3.85. The van der Waals surface area contributed by atoms with Crippen molar-refractivity contribution in [2.75, 3.05) is 4.90 Å². The molecule has 1 heteroatoms. The SMILES string of the molecule is CC1(C)c2ccccc2-c2ccc(N(c3ccc4c(c3)C3(c5ccccc5-c5ccccc53)c3ccccc3-4)c3ccc4c5ccccc5c5ccccc5c4c3)cc21. The maximum absolute atomic E-state index is 2.52. The highest BCUT2D eigenvalue weighted by atomic mass is 15.1. The second-order valence-corrected chi connectivity index (χ2v) is 17.2. The van der Waals surface area contributed by atoms with E-state index in [1.807, 2.05) is 0 Å². The Hall–Kier alpha value is -7.22. The maximum Gasteiger partial charge on any atom is 0.0726 e. The number of anilines is 3. The highest BCUT2D eigenvalue weighted by Gasteiger charge is 2.51. The molecular formula is C58H39N. The van der Waals surface area contributed by atoms with Crippen LogP contribution in [-0.4, -0.2) is 0 Å². The van der Waals surface area contributed by atoms with Gasteiger partial charge in [-0.15, -0.1) is 0 Å². The molecule has 276 valence electrons. The smallest absolute Gasteiger partial charge is 0.0726 e. The first kappa shape index (κ1) is 32.8. The predicted molar refractivity (Wildman–Crippen MR) is 248 cm³/mol. The van der Waals surface area contributed by atoms with Crippen LogP contribution in [0.2, 0.25) is 0 Å². The Kier molecular flexibility index (Phi) is 6.50. The summed E-state index contributed by atoms with van der Waals surface area (Å²) in [6.07, 6.45) is 0. The third-order valence-corrected chi connectivity index (χ3v) is 14.1. The summed E-state index contributed by atoms with van der Waals surface area (Å²) in [7, 11) is 0. The van der Waals surface area contributed by atoms with Crippen molar-refractivity contribution in [3.8, 4) is 33.4 Å². The second kappa shape index (κ2) is 11.7. The lowest BCUT2D eigenvalue weighted by atomic mass is 9.70. The zero-order valence-corrected chi connectivity index (χ0v) is 33.0. The van der Waals surface area contributed by atoms with Crippen LogP contribution in [0, 0.1) is 0 Å². The van der Waals surface area contributed by atoms with E-state index in [2.05, 4.69) is 219 Å². The van der Waals surface area contributed by atoms with Crippen molar-refractivity contribution in [2.24, 2.45) is 0 Å². The monoisotopic (exact) mass is 749 g/mol. The van der Waals surface area contributed by atoms with E-state index < -0.39 is 5.41 Å². The standard InChI is InChI=1S/C58H39N/c1-57(2)51-23-11-7-19-44(51)48-31-28-37(34-55(48)57)59(36-27-30-43-41-17-4-3-15-39(41)40-16-5-6-18-42(40)50(43)33-36)38-29-32-49-47-22-10-14-26-54(47)58(56(49)35-38)52-24-12-8-20-45(52)46-21-9-13-25-53(46)58/h3-35H,1-2H3. The Morgan fingerprint density at radius 1 is 0.271 bits per heavy atom. The molecule has 0 atom stereocenters. The van der Waals surface area contributed by atoms with Crippen LogP contribution >= 0.6 is 0 Å². The minimum atomic E-state index is -0.430. The molecule has 0 N–H and O–H groups in total. The Labute approximate surface area is 344 Å². The summed E-state index contributed by atoms with van der Waals surface area (Å²) < 4.78 is 0. The van der Waals surface area contributed by atoms with E-state index in [-0.39, 0.29) is 5.41 Å². The van der Waals surface area contributed by atoms with Gasteiger partial charge in [-0.05, 0) is 135 Å². The molecule has 0 aliphatic heterocycles. The summed E-state index contributed by atoms with van der Waals surface area (Å²) in [6, 6.07) is 75.6. The van der Waals surface area contributed by atoms with Crippen molar-refractivity contribution in [1.29, 1.82) is 0 Å². The van der Waals surface area contributed by atoms with E-state index in [9.17, 15) is 0 Å². The number of hydrogen-bond acceptors (Lipinski definition) is 1. The van der Waals surface area contributed by atoms with Crippen molar-refractivity contribution in [2.45, 2.75) is 24.7 Å². The number of hydrogen-bond donors (Lipinski definition) is 0. The number of rotatable bonds is 3. The number of nitrogens with zero attached hydrogens (tertiary/aromatic N) is 1. The predicted octanol–water partition coefficient (Wildman–Crippen LogP) is 15.3. The highest BCUT2D eigenvalue weighted by Crippen LogP contribution is 2.63. The van der Waals surface area contributed by atoms with Gasteiger partial charge in [-0.25, -0.2) is 0 Å². The zero-order valence-electron chi connectivity index (χ0n) is 33.0. The van der Waals surface area contributed by atoms with Crippen molar-refractivity contribution in [3.63, 3.8) is 0 Å². The molecule has 0 heterocycles. The minimum absolute atomic E-state index is 0.132. The molecule has 13 rings (SSSR count). The first-order chi connectivity index (χ1) is 29.0. The van der Waals surface area contributed by atoms with Crippen molar-refractivity contribution < 1.29 is 0 Å². The van der Waals surface area contributed by atoms with E-state index in [1.54, 1.807) is 0 Å². The Bertz CT molecular complexity index is 3340. The van der Waals surface area contributed by atoms with Gasteiger partial charge in [0.25, 0.3) is 0 Å². The molecule has 0 amide bonds. The van der Waals surface area contributed by atoms with Crippen LogP contribution in [0.1, 0.15) is 47.2 Å². The third-order valence-electron chi connectivity index (χ3n) is 14.1. The summed E-state index contributed by atoms with van der Waals surface area (Å²) in [4.78, 5) is 2.52. The van der Waals surface area contributed by atoms with Crippen molar-refractivity contribution in [1.82, 2.24) is 0 Å². The van der Waals surface area contributed by atoms with E-state index >= 15 is 0 Å². The zero-order chi connectivity index (χ0) is 39.0. The Balaban J connectivity index is 1.10. The molecule has 1 nitrogen and oxygen atoms in total. The highest BCUT2D eigenvalue weighted by molar-refractivity contribution is 6.25. The van der Waals surface area contributed by atoms with Gasteiger partial charge in [0.2, 0.25) is 0 Å². The van der Waals surface area contributed by atoms with Gasteiger partial charge in [-0.1, -0.05) is 178 Å². The molecule has 0 saturated heterocycles. The van der Waals surface area contributed by atoms with Crippen molar-refractivity contribution >= 4 is 49.4 Å². The molecule has 3 aliphatic rings. The van der Waals surface area contributed by atoms with Crippen LogP contribution < -0.4 is 4.90 Å². The van der Waals surface area contributed by atoms with Gasteiger partial charge in [0, 0.05) is 22.5 Å². The first-order valence-corrected chi connectivity index (χ1v) is 20.8. The van der Waals surface area contributed by atoms with E-state index in [4.69, 9.17) is 0 Å². The van der Waals surface area contributed by atoms with Crippen molar-refractivity contribution in [3.05, 3.63) is 234 Å². The van der Waals surface area contributed by atoms with Gasteiger partial charge in [-0.3, -0.25) is 0 Å². The van der Waals surface area contributed by atoms with Gasteiger partial charge in [0.15, 0.2) is 0 Å². The lowest BCUT2D eigenvalue weighted by molar-refractivity contribution is 0.660. The van der Waals surface area contributed by atoms with Crippen LogP contribution in [0.5, 0.6) is 0 Å². The molecule has 59 heavy (non-hydrogen) atoms. The van der Waals surface area contributed by atoms with E-state index in [0.29, 0.717) is 0 Å². The molecule has 3 aliphatic carbocycles. The van der Waals surface area contributed by atoms with Gasteiger partial charge in [-0.2, -0.15) is 0 Å². The third kappa shape index (κ3) is 4.19. The summed E-state index contributed by atoms with van der Waals surface area (Å²) in [5.41, 5.74) is 19.0. The first-order valence-electron chi connectivity index (χ1n) is 20.8. The molecule has 10 aromatic carbocycles. The fraction of sp³-hybridized carbons (Fsp3) is 0.0690.